The zero-order valence-electron chi connectivity index (χ0n) is 13.6. The first-order chi connectivity index (χ1) is 11.0. The second-order valence-corrected chi connectivity index (χ2v) is 6.66. The third-order valence-corrected chi connectivity index (χ3v) is 4.47. The largest absolute Gasteiger partial charge is 0.487 e. The van der Waals surface area contributed by atoms with Gasteiger partial charge in [0.05, 0.1) is 10.7 Å². The highest BCUT2D eigenvalue weighted by Gasteiger charge is 2.15. The molecule has 2 aromatic rings. The van der Waals surface area contributed by atoms with Crippen molar-refractivity contribution >= 4 is 17.2 Å². The number of hydrogen-bond acceptors (Lipinski definition) is 5. The third-order valence-electron chi connectivity index (χ3n) is 3.65. The molecule has 0 saturated heterocycles. The van der Waals surface area contributed by atoms with Crippen LogP contribution in [0.2, 0.25) is 0 Å². The van der Waals surface area contributed by atoms with Crippen molar-refractivity contribution in [2.45, 2.75) is 33.4 Å². The number of benzene rings is 1. The van der Waals surface area contributed by atoms with Gasteiger partial charge in [0.2, 0.25) is 0 Å². The Hall–Kier alpha value is -1.92. The van der Waals surface area contributed by atoms with Crippen molar-refractivity contribution in [3.63, 3.8) is 0 Å². The van der Waals surface area contributed by atoms with E-state index in [1.807, 2.05) is 32.2 Å². The predicted octanol–water partition coefficient (Wildman–Crippen LogP) is 2.78. The number of amides is 1. The van der Waals surface area contributed by atoms with E-state index in [1.165, 1.54) is 0 Å². The number of aryl methyl sites for hydroxylation is 1. The molecule has 1 heterocycles. The normalized spacial score (nSPS) is 13.4. The summed E-state index contributed by atoms with van der Waals surface area (Å²) in [5.74, 6) is 0.463. The number of aromatic nitrogens is 1. The Morgan fingerprint density at radius 3 is 2.87 bits per heavy atom. The van der Waals surface area contributed by atoms with Crippen molar-refractivity contribution in [1.29, 1.82) is 0 Å². The quantitative estimate of drug-likeness (QED) is 0.817. The number of hydrogen-bond donors (Lipinski definition) is 2. The van der Waals surface area contributed by atoms with Crippen LogP contribution in [0, 0.1) is 12.8 Å². The lowest BCUT2D eigenvalue weighted by molar-refractivity contribution is 0.0916. The maximum atomic E-state index is 12.2. The molecule has 0 aliphatic rings. The van der Waals surface area contributed by atoms with Gasteiger partial charge in [-0.05, 0) is 38.0 Å². The van der Waals surface area contributed by atoms with Gasteiger partial charge in [-0.2, -0.15) is 0 Å². The Bertz CT molecular complexity index is 657. The molecule has 6 heteroatoms. The van der Waals surface area contributed by atoms with E-state index in [9.17, 15) is 4.79 Å². The minimum atomic E-state index is -0.173. The molecule has 2 rings (SSSR count). The highest BCUT2D eigenvalue weighted by Crippen LogP contribution is 2.16. The molecule has 2 unspecified atom stereocenters. The van der Waals surface area contributed by atoms with Gasteiger partial charge in [0.15, 0.2) is 0 Å². The van der Waals surface area contributed by atoms with Crippen LogP contribution in [0.4, 0.5) is 0 Å². The van der Waals surface area contributed by atoms with Crippen molar-refractivity contribution in [2.24, 2.45) is 5.92 Å². The molecule has 1 amide bonds. The first-order valence-corrected chi connectivity index (χ1v) is 8.43. The summed E-state index contributed by atoms with van der Waals surface area (Å²) in [4.78, 5) is 16.6. The average molecular weight is 334 g/mol. The van der Waals surface area contributed by atoms with Gasteiger partial charge in [-0.1, -0.05) is 13.0 Å². The number of thiazole rings is 1. The average Bonchev–Trinajstić information content (AvgIpc) is 2.97. The summed E-state index contributed by atoms with van der Waals surface area (Å²) in [6, 6.07) is 6.96. The summed E-state index contributed by atoms with van der Waals surface area (Å²) in [6.07, 6.45) is 0. The first-order valence-electron chi connectivity index (χ1n) is 7.55. The molecule has 0 radical (unpaired) electrons. The minimum Gasteiger partial charge on any atom is -0.487 e. The number of aliphatic hydroxyl groups is 1. The molecule has 1 aromatic carbocycles. The molecule has 0 aliphatic heterocycles. The van der Waals surface area contributed by atoms with Crippen LogP contribution in [0.15, 0.2) is 29.6 Å². The Morgan fingerprint density at radius 2 is 2.22 bits per heavy atom. The lowest BCUT2D eigenvalue weighted by atomic mass is 10.0. The van der Waals surface area contributed by atoms with Crippen molar-refractivity contribution in [2.75, 3.05) is 6.61 Å². The zero-order chi connectivity index (χ0) is 16.8. The van der Waals surface area contributed by atoms with E-state index in [-0.39, 0.29) is 24.5 Å². The van der Waals surface area contributed by atoms with Crippen molar-refractivity contribution in [1.82, 2.24) is 10.3 Å². The SMILES string of the molecule is Cc1nc(COc2cccc(C(=O)NC(C)C(C)CO)c2)cs1. The Balaban J connectivity index is 1.97. The van der Waals surface area contributed by atoms with Crippen LogP contribution in [0.25, 0.3) is 0 Å². The van der Waals surface area contributed by atoms with E-state index in [2.05, 4.69) is 10.3 Å². The van der Waals surface area contributed by atoms with Crippen LogP contribution in [0.3, 0.4) is 0 Å². The topological polar surface area (TPSA) is 71.5 Å². The summed E-state index contributed by atoms with van der Waals surface area (Å²) < 4.78 is 5.69. The van der Waals surface area contributed by atoms with E-state index in [1.54, 1.807) is 29.5 Å². The van der Waals surface area contributed by atoms with Crippen molar-refractivity contribution < 1.29 is 14.6 Å². The summed E-state index contributed by atoms with van der Waals surface area (Å²) >= 11 is 1.58. The van der Waals surface area contributed by atoms with Gasteiger partial charge in [0, 0.05) is 23.6 Å². The number of aliphatic hydroxyl groups excluding tert-OH is 1. The molecule has 0 spiro atoms. The molecule has 1 aromatic heterocycles. The number of ether oxygens (including phenoxy) is 1. The van der Waals surface area contributed by atoms with Crippen molar-refractivity contribution in [3.05, 3.63) is 45.9 Å². The second-order valence-electron chi connectivity index (χ2n) is 5.60. The van der Waals surface area contributed by atoms with Gasteiger partial charge in [-0.25, -0.2) is 4.98 Å². The second kappa shape index (κ2) is 8.08. The number of nitrogens with one attached hydrogen (secondary N) is 1. The number of carbonyl (C=O) groups excluding carboxylic acids is 1. The molecule has 0 bridgehead atoms. The summed E-state index contributed by atoms with van der Waals surface area (Å²) in [7, 11) is 0. The standard InChI is InChI=1S/C17H22N2O3S/c1-11(8-20)12(2)18-17(21)14-5-4-6-16(7-14)22-9-15-10-23-13(3)19-15/h4-7,10-12,20H,8-9H2,1-3H3,(H,18,21). The summed E-state index contributed by atoms with van der Waals surface area (Å²) in [5, 5.41) is 15.0. The summed E-state index contributed by atoms with van der Waals surface area (Å²) in [5.41, 5.74) is 1.42. The van der Waals surface area contributed by atoms with Gasteiger partial charge in [0.25, 0.3) is 5.91 Å². The molecule has 124 valence electrons. The third kappa shape index (κ3) is 5.04. The molecular formula is C17H22N2O3S. The Morgan fingerprint density at radius 1 is 1.43 bits per heavy atom. The maximum Gasteiger partial charge on any atom is 0.251 e. The number of rotatable bonds is 7. The van der Waals surface area contributed by atoms with Gasteiger partial charge in [0.1, 0.15) is 12.4 Å². The van der Waals surface area contributed by atoms with E-state index in [4.69, 9.17) is 9.84 Å². The lowest BCUT2D eigenvalue weighted by Gasteiger charge is -2.19. The Labute approximate surface area is 140 Å². The van der Waals surface area contributed by atoms with Crippen LogP contribution in [0.5, 0.6) is 5.75 Å². The molecule has 0 aliphatic carbocycles. The number of nitrogens with zero attached hydrogens (tertiary/aromatic N) is 1. The first kappa shape index (κ1) is 17.4. The van der Waals surface area contributed by atoms with Crippen LogP contribution >= 0.6 is 11.3 Å². The molecule has 0 fully saturated rings. The fraction of sp³-hybridized carbons (Fsp3) is 0.412. The molecule has 2 atom stereocenters. The minimum absolute atomic E-state index is 0.00582. The highest BCUT2D eigenvalue weighted by molar-refractivity contribution is 7.09. The van der Waals surface area contributed by atoms with Crippen LogP contribution < -0.4 is 10.1 Å². The fourth-order valence-corrected chi connectivity index (χ4v) is 2.55. The maximum absolute atomic E-state index is 12.2. The van der Waals surface area contributed by atoms with Crippen LogP contribution in [-0.2, 0) is 6.61 Å². The van der Waals surface area contributed by atoms with Gasteiger partial charge in [-0.15, -0.1) is 11.3 Å². The van der Waals surface area contributed by atoms with Crippen LogP contribution in [-0.4, -0.2) is 28.6 Å². The van der Waals surface area contributed by atoms with Gasteiger partial charge >= 0.3 is 0 Å². The van der Waals surface area contributed by atoms with E-state index in [0.717, 1.165) is 10.7 Å². The van der Waals surface area contributed by atoms with E-state index < -0.39 is 0 Å². The molecule has 5 nitrogen and oxygen atoms in total. The van der Waals surface area contributed by atoms with Gasteiger partial charge < -0.3 is 15.2 Å². The highest BCUT2D eigenvalue weighted by atomic mass is 32.1. The molecule has 0 saturated carbocycles. The smallest absolute Gasteiger partial charge is 0.251 e. The number of carbonyl (C=O) groups is 1. The van der Waals surface area contributed by atoms with E-state index >= 15 is 0 Å². The molecule has 2 N–H and O–H groups in total. The lowest BCUT2D eigenvalue weighted by Crippen LogP contribution is -2.38. The predicted molar refractivity (Wildman–Crippen MR) is 90.8 cm³/mol. The monoisotopic (exact) mass is 334 g/mol. The van der Waals surface area contributed by atoms with Gasteiger partial charge in [-0.3, -0.25) is 4.79 Å². The van der Waals surface area contributed by atoms with E-state index in [0.29, 0.717) is 17.9 Å². The summed E-state index contributed by atoms with van der Waals surface area (Å²) in [6.45, 7) is 6.14. The molecule has 23 heavy (non-hydrogen) atoms. The van der Waals surface area contributed by atoms with Crippen LogP contribution in [0.1, 0.15) is 34.9 Å². The fourth-order valence-electron chi connectivity index (χ4n) is 1.95. The zero-order valence-corrected chi connectivity index (χ0v) is 14.4. The van der Waals surface area contributed by atoms with Crippen molar-refractivity contribution in [3.8, 4) is 5.75 Å². The Kier molecular flexibility index (Phi) is 6.12. The molecular weight excluding hydrogens is 312 g/mol.